The number of phenolic OH excluding ortho intramolecular Hbond substituents is 1. The van der Waals surface area contributed by atoms with Crippen LogP contribution in [0.25, 0.3) is 0 Å². The first-order valence-electron chi connectivity index (χ1n) is 10.9. The van der Waals surface area contributed by atoms with E-state index in [1.54, 1.807) is 4.90 Å². The smallest absolute Gasteiger partial charge is 0.416 e. The molecule has 200 valence electrons. The molecule has 1 aliphatic heterocycles. The molecule has 1 aromatic heterocycles. The monoisotopic (exact) mass is 616 g/mol. The molecule has 1 amide bonds. The maximum Gasteiger partial charge on any atom is 0.416 e. The number of ether oxygens (including phenoxy) is 1. The average Bonchev–Trinajstić information content (AvgIpc) is 2.88. The average molecular weight is 618 g/mol. The molecule has 0 unspecified atom stereocenters. The molecular weight excluding hydrogens is 600 g/mol. The number of alkyl halides is 3. The summed E-state index contributed by atoms with van der Waals surface area (Å²) in [6, 6.07) is 5.32. The van der Waals surface area contributed by atoms with Crippen molar-refractivity contribution in [3.05, 3.63) is 68.5 Å². The van der Waals surface area contributed by atoms with Gasteiger partial charge in [-0.25, -0.2) is 14.8 Å². The van der Waals surface area contributed by atoms with Gasteiger partial charge >= 0.3 is 6.18 Å². The number of nitrogens with one attached hydrogen (secondary N) is 2. The van der Waals surface area contributed by atoms with Crippen LogP contribution in [0.1, 0.15) is 21.5 Å². The van der Waals surface area contributed by atoms with Crippen LogP contribution in [0.3, 0.4) is 0 Å². The summed E-state index contributed by atoms with van der Waals surface area (Å²) in [5.74, 6) is -2.01. The van der Waals surface area contributed by atoms with Gasteiger partial charge in [-0.05, 0) is 40.2 Å². The van der Waals surface area contributed by atoms with Gasteiger partial charge in [-0.2, -0.15) is 23.3 Å². The summed E-state index contributed by atoms with van der Waals surface area (Å²) in [6.07, 6.45) is -2.58. The summed E-state index contributed by atoms with van der Waals surface area (Å²) in [6.45, 7) is 1.70. The van der Waals surface area contributed by atoms with Crippen molar-refractivity contribution in [3.63, 3.8) is 0 Å². The Balaban J connectivity index is 1.59. The normalized spacial score (nSPS) is 14.1. The van der Waals surface area contributed by atoms with Gasteiger partial charge in [-0.15, -0.1) is 0 Å². The highest BCUT2D eigenvalue weighted by molar-refractivity contribution is 9.10. The van der Waals surface area contributed by atoms with Gasteiger partial charge in [0.1, 0.15) is 5.75 Å². The Bertz CT molecular complexity index is 1390. The van der Waals surface area contributed by atoms with Crippen LogP contribution in [-0.4, -0.2) is 53.5 Å². The third kappa shape index (κ3) is 6.31. The van der Waals surface area contributed by atoms with Crippen LogP contribution in [0.4, 0.5) is 35.0 Å². The second kappa shape index (κ2) is 11.5. The highest BCUT2D eigenvalue weighted by Crippen LogP contribution is 2.36. The molecule has 3 aromatic rings. The van der Waals surface area contributed by atoms with Gasteiger partial charge in [0.2, 0.25) is 5.95 Å². The number of morpholine rings is 1. The van der Waals surface area contributed by atoms with Crippen molar-refractivity contribution in [2.24, 2.45) is 5.10 Å². The Hall–Kier alpha value is -3.49. The van der Waals surface area contributed by atoms with Crippen molar-refractivity contribution in [2.45, 2.75) is 6.18 Å². The fourth-order valence-electron chi connectivity index (χ4n) is 3.51. The predicted octanol–water partition coefficient (Wildman–Crippen LogP) is 5.29. The van der Waals surface area contributed by atoms with Crippen molar-refractivity contribution in [3.8, 4) is 5.75 Å². The van der Waals surface area contributed by atoms with Gasteiger partial charge in [0, 0.05) is 23.2 Å². The van der Waals surface area contributed by atoms with Crippen molar-refractivity contribution >= 4 is 57.1 Å². The molecular formula is C23H18BrClF4N6O3. The quantitative estimate of drug-likeness (QED) is 0.196. The van der Waals surface area contributed by atoms with Crippen molar-refractivity contribution in [2.75, 3.05) is 41.9 Å². The number of anilines is 3. The summed E-state index contributed by atoms with van der Waals surface area (Å²) >= 11 is 9.24. The zero-order valence-electron chi connectivity index (χ0n) is 19.2. The van der Waals surface area contributed by atoms with Crippen LogP contribution in [-0.2, 0) is 10.9 Å². The second-order valence-corrected chi connectivity index (χ2v) is 9.11. The van der Waals surface area contributed by atoms with E-state index in [1.165, 1.54) is 12.1 Å². The maximum absolute atomic E-state index is 14.3. The number of carbonyl (C=O) groups is 1. The van der Waals surface area contributed by atoms with E-state index in [1.807, 2.05) is 0 Å². The molecule has 1 saturated heterocycles. The third-order valence-electron chi connectivity index (χ3n) is 5.31. The lowest BCUT2D eigenvalue weighted by Crippen LogP contribution is -2.37. The third-order valence-corrected chi connectivity index (χ3v) is 6.23. The number of aromatic hydroxyl groups is 1. The zero-order valence-corrected chi connectivity index (χ0v) is 21.5. The first kappa shape index (κ1) is 27.5. The predicted molar refractivity (Wildman–Crippen MR) is 136 cm³/mol. The van der Waals surface area contributed by atoms with Crippen LogP contribution in [0, 0.1) is 5.82 Å². The number of halogens is 6. The van der Waals surface area contributed by atoms with Crippen molar-refractivity contribution < 1.29 is 32.2 Å². The first-order chi connectivity index (χ1) is 18.0. The van der Waals surface area contributed by atoms with E-state index in [9.17, 15) is 27.5 Å². The molecule has 3 N–H and O–H groups in total. The van der Waals surface area contributed by atoms with Crippen LogP contribution in [0.2, 0.25) is 5.02 Å². The standard InChI is InChI=1S/C23H18BrClF4N6O3/c24-15-9-16(25)19(36)14(18(15)21(37)32-13-3-1-2-12(8-13)23(27,28)29)10-31-34-22-30-11-17(26)20(33-22)35-4-6-38-7-5-35/h1-3,8-11,36H,4-7H2,(H,32,37)(H,30,33,34)/b31-10-. The van der Waals surface area contributed by atoms with E-state index in [2.05, 4.69) is 41.7 Å². The number of rotatable bonds is 6. The largest absolute Gasteiger partial charge is 0.506 e. The number of nitrogens with zero attached hydrogens (tertiary/aromatic N) is 4. The topological polar surface area (TPSA) is 112 Å². The van der Waals surface area contributed by atoms with E-state index in [0.717, 1.165) is 30.6 Å². The lowest BCUT2D eigenvalue weighted by molar-refractivity contribution is -0.137. The molecule has 15 heteroatoms. The van der Waals surface area contributed by atoms with E-state index in [0.29, 0.717) is 26.3 Å². The summed E-state index contributed by atoms with van der Waals surface area (Å²) in [4.78, 5) is 22.7. The first-order valence-corrected chi connectivity index (χ1v) is 12.1. The number of amides is 1. The molecule has 0 radical (unpaired) electrons. The Morgan fingerprint density at radius 3 is 2.71 bits per heavy atom. The molecule has 0 aliphatic carbocycles. The SMILES string of the molecule is O=C(Nc1cccc(C(F)(F)F)c1)c1c(Br)cc(Cl)c(O)c1/C=N\Nc1ncc(F)c(N2CCOCC2)n1. The number of hydrogen-bond donors (Lipinski definition) is 3. The molecule has 2 heterocycles. The summed E-state index contributed by atoms with van der Waals surface area (Å²) < 4.78 is 58.8. The number of benzene rings is 2. The van der Waals surface area contributed by atoms with Gasteiger partial charge < -0.3 is 20.1 Å². The molecule has 1 aliphatic rings. The van der Waals surface area contributed by atoms with E-state index in [-0.39, 0.29) is 38.1 Å². The van der Waals surface area contributed by atoms with Gasteiger partial charge in [-0.1, -0.05) is 17.7 Å². The van der Waals surface area contributed by atoms with Gasteiger partial charge in [0.25, 0.3) is 5.91 Å². The zero-order chi connectivity index (χ0) is 27.4. The van der Waals surface area contributed by atoms with Crippen LogP contribution < -0.4 is 15.6 Å². The van der Waals surface area contributed by atoms with Crippen LogP contribution >= 0.6 is 27.5 Å². The van der Waals surface area contributed by atoms with Crippen LogP contribution in [0.15, 0.2) is 46.1 Å². The summed E-state index contributed by atoms with van der Waals surface area (Å²) in [5, 5.41) is 16.7. The molecule has 0 saturated carbocycles. The highest BCUT2D eigenvalue weighted by atomic mass is 79.9. The molecule has 0 atom stereocenters. The second-order valence-electron chi connectivity index (χ2n) is 7.84. The summed E-state index contributed by atoms with van der Waals surface area (Å²) in [5.41, 5.74) is 1.11. The number of aromatic nitrogens is 2. The molecule has 9 nitrogen and oxygen atoms in total. The minimum atomic E-state index is -4.60. The fourth-order valence-corrected chi connectivity index (χ4v) is 4.48. The van der Waals surface area contributed by atoms with Gasteiger partial charge in [0.15, 0.2) is 11.6 Å². The Morgan fingerprint density at radius 1 is 1.26 bits per heavy atom. The maximum atomic E-state index is 14.3. The number of hydrogen-bond acceptors (Lipinski definition) is 8. The Labute approximate surface area is 226 Å². The lowest BCUT2D eigenvalue weighted by Gasteiger charge is -2.27. The van der Waals surface area contributed by atoms with E-state index < -0.39 is 29.2 Å². The van der Waals surface area contributed by atoms with Gasteiger partial charge in [-0.3, -0.25) is 4.79 Å². The minimum absolute atomic E-state index is 0.0514. The summed E-state index contributed by atoms with van der Waals surface area (Å²) in [7, 11) is 0. The fraction of sp³-hybridized carbons (Fsp3) is 0.217. The molecule has 2 aromatic carbocycles. The van der Waals surface area contributed by atoms with Crippen molar-refractivity contribution in [1.29, 1.82) is 0 Å². The highest BCUT2D eigenvalue weighted by Gasteiger charge is 2.30. The van der Waals surface area contributed by atoms with Crippen molar-refractivity contribution in [1.82, 2.24) is 9.97 Å². The molecule has 4 rings (SSSR count). The number of phenols is 1. The van der Waals surface area contributed by atoms with Gasteiger partial charge in [0.05, 0.1) is 47.3 Å². The Morgan fingerprint density at radius 2 is 2.00 bits per heavy atom. The minimum Gasteiger partial charge on any atom is -0.506 e. The van der Waals surface area contributed by atoms with E-state index >= 15 is 0 Å². The number of carbonyl (C=O) groups excluding carboxylic acids is 1. The molecule has 38 heavy (non-hydrogen) atoms. The molecule has 1 fully saturated rings. The Kier molecular flexibility index (Phi) is 8.33. The number of hydrazone groups is 1. The van der Waals surface area contributed by atoms with E-state index in [4.69, 9.17) is 16.3 Å². The lowest BCUT2D eigenvalue weighted by atomic mass is 10.1. The molecule has 0 spiro atoms. The molecule has 0 bridgehead atoms. The van der Waals surface area contributed by atoms with Crippen LogP contribution in [0.5, 0.6) is 5.75 Å².